The van der Waals surface area contributed by atoms with Crippen molar-refractivity contribution in [3.63, 3.8) is 0 Å². The van der Waals surface area contributed by atoms with Gasteiger partial charge in [-0.25, -0.2) is 8.78 Å². The predicted molar refractivity (Wildman–Crippen MR) is 102 cm³/mol. The van der Waals surface area contributed by atoms with Crippen molar-refractivity contribution in [1.29, 1.82) is 0 Å². The summed E-state index contributed by atoms with van der Waals surface area (Å²) >= 11 is 0. The Labute approximate surface area is 164 Å². The van der Waals surface area contributed by atoms with E-state index in [1.54, 1.807) is 12.3 Å². The molecule has 1 N–H and O–H groups in total. The van der Waals surface area contributed by atoms with Crippen molar-refractivity contribution in [2.75, 3.05) is 13.1 Å². The highest BCUT2D eigenvalue weighted by Gasteiger charge is 2.35. The summed E-state index contributed by atoms with van der Waals surface area (Å²) in [6.45, 7) is 2.26. The van der Waals surface area contributed by atoms with Crippen molar-refractivity contribution >= 4 is 5.91 Å². The molecule has 2 atom stereocenters. The zero-order valence-corrected chi connectivity index (χ0v) is 15.8. The average Bonchev–Trinajstić information content (AvgIpc) is 3.55. The van der Waals surface area contributed by atoms with Crippen LogP contribution in [0.4, 0.5) is 8.78 Å². The molecular formula is C22H25F2N3O. The summed E-state index contributed by atoms with van der Waals surface area (Å²) in [4.78, 5) is 19.2. The van der Waals surface area contributed by atoms with Crippen molar-refractivity contribution < 1.29 is 13.6 Å². The fourth-order valence-electron chi connectivity index (χ4n) is 4.01. The monoisotopic (exact) mass is 385 g/mol. The highest BCUT2D eigenvalue weighted by molar-refractivity contribution is 5.81. The lowest BCUT2D eigenvalue weighted by Gasteiger charge is -2.37. The molecule has 1 saturated carbocycles. The number of hydrogen-bond donors (Lipinski definition) is 1. The van der Waals surface area contributed by atoms with E-state index in [-0.39, 0.29) is 23.8 Å². The predicted octanol–water partition coefficient (Wildman–Crippen LogP) is 3.84. The van der Waals surface area contributed by atoms with Crippen LogP contribution < -0.4 is 5.32 Å². The second kappa shape index (κ2) is 8.35. The van der Waals surface area contributed by atoms with Crippen LogP contribution in [-0.4, -0.2) is 28.9 Å². The van der Waals surface area contributed by atoms with Crippen LogP contribution >= 0.6 is 0 Å². The molecule has 1 aromatic carbocycles. The van der Waals surface area contributed by atoms with E-state index in [1.807, 2.05) is 18.2 Å². The van der Waals surface area contributed by atoms with Gasteiger partial charge >= 0.3 is 0 Å². The molecule has 4 nitrogen and oxygen atoms in total. The highest BCUT2D eigenvalue weighted by atomic mass is 19.2. The number of pyridine rings is 1. The van der Waals surface area contributed by atoms with Crippen molar-refractivity contribution in [1.82, 2.24) is 15.2 Å². The molecule has 1 amide bonds. The number of nitrogens with zero attached hydrogens (tertiary/aromatic N) is 2. The molecule has 28 heavy (non-hydrogen) atoms. The first-order valence-electron chi connectivity index (χ1n) is 9.98. The molecule has 1 aliphatic heterocycles. The molecule has 2 aromatic rings. The molecule has 0 unspecified atom stereocenters. The molecule has 0 radical (unpaired) electrons. The lowest BCUT2D eigenvalue weighted by molar-refractivity contribution is -0.123. The molecule has 148 valence electrons. The number of piperidine rings is 1. The Morgan fingerprint density at radius 2 is 2.04 bits per heavy atom. The standard InChI is InChI=1S/C22H25F2N3O/c23-18-9-6-15(12-19(18)24)13-27-11-3-4-17(14-27)21(20-5-1-2-10-25-20)26-22(28)16-7-8-16/h1-2,5-6,9-10,12,16-17,21H,3-4,7-8,11,13-14H2,(H,26,28)/t17-,21-/m0/s1. The number of aromatic nitrogens is 1. The number of likely N-dealkylation sites (tertiary alicyclic amines) is 1. The second-order valence-corrected chi connectivity index (χ2v) is 7.90. The largest absolute Gasteiger partial charge is 0.347 e. The molecule has 2 fully saturated rings. The minimum Gasteiger partial charge on any atom is -0.347 e. The van der Waals surface area contributed by atoms with Gasteiger partial charge in [-0.3, -0.25) is 14.7 Å². The van der Waals surface area contributed by atoms with Crippen LogP contribution in [-0.2, 0) is 11.3 Å². The molecule has 1 aromatic heterocycles. The fraction of sp³-hybridized carbons (Fsp3) is 0.455. The topological polar surface area (TPSA) is 45.2 Å². The number of amides is 1. The summed E-state index contributed by atoms with van der Waals surface area (Å²) in [6.07, 6.45) is 5.69. The third kappa shape index (κ3) is 4.55. The number of nitrogens with one attached hydrogen (secondary N) is 1. The quantitative estimate of drug-likeness (QED) is 0.822. The molecular weight excluding hydrogens is 360 g/mol. The first-order valence-corrected chi connectivity index (χ1v) is 9.98. The normalized spacial score (nSPS) is 21.3. The Morgan fingerprint density at radius 1 is 1.18 bits per heavy atom. The van der Waals surface area contributed by atoms with Crippen LogP contribution in [0.5, 0.6) is 0 Å². The second-order valence-electron chi connectivity index (χ2n) is 7.90. The minimum absolute atomic E-state index is 0.119. The van der Waals surface area contributed by atoms with E-state index in [9.17, 15) is 13.6 Å². The maximum absolute atomic E-state index is 13.5. The maximum Gasteiger partial charge on any atom is 0.223 e. The summed E-state index contributed by atoms with van der Waals surface area (Å²) in [7, 11) is 0. The Kier molecular flexibility index (Phi) is 5.67. The summed E-state index contributed by atoms with van der Waals surface area (Å²) in [5.74, 6) is -1.13. The van der Waals surface area contributed by atoms with Crippen LogP contribution in [0.3, 0.4) is 0 Å². The summed E-state index contributed by atoms with van der Waals surface area (Å²) in [5.41, 5.74) is 1.65. The lowest BCUT2D eigenvalue weighted by Crippen LogP contribution is -2.43. The van der Waals surface area contributed by atoms with Crippen LogP contribution in [0, 0.1) is 23.5 Å². The number of halogens is 2. The van der Waals surface area contributed by atoms with Gasteiger partial charge in [-0.1, -0.05) is 12.1 Å². The number of carbonyl (C=O) groups is 1. The summed E-state index contributed by atoms with van der Waals surface area (Å²) in [6, 6.07) is 9.74. The van der Waals surface area contributed by atoms with E-state index >= 15 is 0 Å². The van der Waals surface area contributed by atoms with Gasteiger partial charge in [0.15, 0.2) is 11.6 Å². The summed E-state index contributed by atoms with van der Waals surface area (Å²) in [5, 5.41) is 3.23. The molecule has 1 aliphatic carbocycles. The maximum atomic E-state index is 13.5. The first-order chi connectivity index (χ1) is 13.6. The van der Waals surface area contributed by atoms with E-state index < -0.39 is 11.6 Å². The number of hydrogen-bond acceptors (Lipinski definition) is 3. The molecule has 4 rings (SSSR count). The van der Waals surface area contributed by atoms with Crippen molar-refractivity contribution in [2.24, 2.45) is 11.8 Å². The van der Waals surface area contributed by atoms with Gasteiger partial charge in [0, 0.05) is 25.2 Å². The minimum atomic E-state index is -0.821. The molecule has 0 bridgehead atoms. The molecule has 6 heteroatoms. The van der Waals surface area contributed by atoms with E-state index in [4.69, 9.17) is 0 Å². The number of benzene rings is 1. The fourth-order valence-corrected chi connectivity index (χ4v) is 4.01. The number of rotatable bonds is 6. The molecule has 2 aliphatic rings. The van der Waals surface area contributed by atoms with Crippen LogP contribution in [0.1, 0.15) is 43.0 Å². The highest BCUT2D eigenvalue weighted by Crippen LogP contribution is 2.33. The van der Waals surface area contributed by atoms with Gasteiger partial charge in [0.05, 0.1) is 11.7 Å². The van der Waals surface area contributed by atoms with Gasteiger partial charge < -0.3 is 5.32 Å². The van der Waals surface area contributed by atoms with Gasteiger partial charge in [-0.15, -0.1) is 0 Å². The average molecular weight is 385 g/mol. The third-order valence-electron chi connectivity index (χ3n) is 5.66. The Balaban J connectivity index is 1.47. The van der Waals surface area contributed by atoms with Crippen LogP contribution in [0.25, 0.3) is 0 Å². The summed E-state index contributed by atoms with van der Waals surface area (Å²) < 4.78 is 26.7. The Morgan fingerprint density at radius 3 is 2.75 bits per heavy atom. The van der Waals surface area contributed by atoms with E-state index in [1.165, 1.54) is 12.1 Å². The molecule has 1 saturated heterocycles. The van der Waals surface area contributed by atoms with Gasteiger partial charge in [-0.2, -0.15) is 0 Å². The zero-order chi connectivity index (χ0) is 19.5. The Bertz CT molecular complexity index is 826. The van der Waals surface area contributed by atoms with Gasteiger partial charge in [-0.05, 0) is 68.0 Å². The molecule has 2 heterocycles. The van der Waals surface area contributed by atoms with Crippen LogP contribution in [0.2, 0.25) is 0 Å². The van der Waals surface area contributed by atoms with Crippen molar-refractivity contribution in [3.05, 3.63) is 65.5 Å². The van der Waals surface area contributed by atoms with E-state index in [0.29, 0.717) is 6.54 Å². The zero-order valence-electron chi connectivity index (χ0n) is 15.8. The van der Waals surface area contributed by atoms with Gasteiger partial charge in [0.1, 0.15) is 0 Å². The first kappa shape index (κ1) is 19.0. The van der Waals surface area contributed by atoms with Crippen molar-refractivity contribution in [2.45, 2.75) is 38.3 Å². The lowest BCUT2D eigenvalue weighted by atomic mass is 9.88. The van der Waals surface area contributed by atoms with E-state index in [0.717, 1.165) is 50.0 Å². The SMILES string of the molecule is O=C(N[C@H](c1ccccn1)[C@H]1CCCN(Cc2ccc(F)c(F)c2)C1)C1CC1. The Hall–Kier alpha value is -2.34. The van der Waals surface area contributed by atoms with Crippen molar-refractivity contribution in [3.8, 4) is 0 Å². The smallest absolute Gasteiger partial charge is 0.223 e. The van der Waals surface area contributed by atoms with Gasteiger partial charge in [0.2, 0.25) is 5.91 Å². The third-order valence-corrected chi connectivity index (χ3v) is 5.66. The number of carbonyl (C=O) groups excluding carboxylic acids is 1. The molecule has 0 spiro atoms. The van der Waals surface area contributed by atoms with E-state index in [2.05, 4.69) is 15.2 Å². The van der Waals surface area contributed by atoms with Gasteiger partial charge in [0.25, 0.3) is 0 Å². The van der Waals surface area contributed by atoms with Crippen LogP contribution in [0.15, 0.2) is 42.6 Å².